The maximum atomic E-state index is 12.9. The molecule has 0 N–H and O–H groups in total. The molecule has 0 saturated carbocycles. The average molecular weight is 430 g/mol. The van der Waals surface area contributed by atoms with E-state index in [4.69, 9.17) is 4.98 Å². The van der Waals surface area contributed by atoms with E-state index in [1.165, 1.54) is 46.9 Å². The molecule has 3 aromatic rings. The number of aromatic nitrogens is 4. The first kappa shape index (κ1) is 19.3. The van der Waals surface area contributed by atoms with Gasteiger partial charge in [-0.05, 0) is 71.3 Å². The maximum Gasteiger partial charge on any atom is 0.233 e. The number of piperidine rings is 1. The Morgan fingerprint density at radius 2 is 1.90 bits per heavy atom. The van der Waals surface area contributed by atoms with Crippen LogP contribution in [0.2, 0.25) is 0 Å². The van der Waals surface area contributed by atoms with Gasteiger partial charge in [0.25, 0.3) is 0 Å². The first-order valence-electron chi connectivity index (χ1n) is 10.6. The van der Waals surface area contributed by atoms with E-state index in [0.29, 0.717) is 17.8 Å². The summed E-state index contributed by atoms with van der Waals surface area (Å²) in [5.74, 6) is 1.49. The van der Waals surface area contributed by atoms with E-state index in [9.17, 15) is 4.79 Å². The van der Waals surface area contributed by atoms with E-state index in [2.05, 4.69) is 28.9 Å². The Hall–Kier alpha value is -1.67. The summed E-state index contributed by atoms with van der Waals surface area (Å²) in [4.78, 5) is 22.4. The van der Waals surface area contributed by atoms with Crippen LogP contribution >= 0.6 is 23.1 Å². The van der Waals surface area contributed by atoms with E-state index in [1.807, 2.05) is 22.7 Å². The lowest BCUT2D eigenvalue weighted by molar-refractivity contribution is -0.134. The fourth-order valence-electron chi connectivity index (χ4n) is 4.99. The molecule has 1 saturated heterocycles. The molecule has 154 valence electrons. The highest BCUT2D eigenvalue weighted by Crippen LogP contribution is 2.38. The number of nitrogens with zero attached hydrogens (tertiary/aromatic N) is 5. The van der Waals surface area contributed by atoms with Gasteiger partial charge in [0.05, 0.1) is 11.1 Å². The van der Waals surface area contributed by atoms with Crippen molar-refractivity contribution in [1.29, 1.82) is 0 Å². The number of hydrogen-bond acceptors (Lipinski definition) is 6. The number of fused-ring (bicyclic) bond motifs is 5. The van der Waals surface area contributed by atoms with Crippen LogP contribution in [-0.4, -0.2) is 48.2 Å². The van der Waals surface area contributed by atoms with Gasteiger partial charge in [0, 0.05) is 17.0 Å². The lowest BCUT2D eigenvalue weighted by atomic mass is 9.97. The third-order valence-electron chi connectivity index (χ3n) is 6.40. The predicted molar refractivity (Wildman–Crippen MR) is 118 cm³/mol. The second-order valence-electron chi connectivity index (χ2n) is 8.41. The lowest BCUT2D eigenvalue weighted by Gasteiger charge is -2.39. The van der Waals surface area contributed by atoms with E-state index in [-0.39, 0.29) is 5.91 Å². The van der Waals surface area contributed by atoms with Gasteiger partial charge < -0.3 is 4.90 Å². The Balaban J connectivity index is 1.46. The summed E-state index contributed by atoms with van der Waals surface area (Å²) < 4.78 is 2.05. The summed E-state index contributed by atoms with van der Waals surface area (Å²) in [6, 6.07) is 0.643. The molecule has 2 atom stereocenters. The van der Waals surface area contributed by atoms with Crippen molar-refractivity contribution in [2.45, 2.75) is 83.0 Å². The number of aryl methyl sites for hydroxylation is 3. The second-order valence-corrected chi connectivity index (χ2v) is 10.4. The number of thioether (sulfide) groups is 1. The molecule has 2 aliphatic rings. The number of hydrogen-bond donors (Lipinski definition) is 0. The fourth-order valence-corrected chi connectivity index (χ4v) is 7.14. The van der Waals surface area contributed by atoms with Crippen molar-refractivity contribution < 1.29 is 4.79 Å². The van der Waals surface area contributed by atoms with E-state index in [0.717, 1.165) is 47.1 Å². The zero-order chi connectivity index (χ0) is 20.1. The summed E-state index contributed by atoms with van der Waals surface area (Å²) in [6.07, 6.45) is 8.15. The van der Waals surface area contributed by atoms with Gasteiger partial charge in [-0.25, -0.2) is 4.98 Å². The molecule has 1 fully saturated rings. The van der Waals surface area contributed by atoms with Crippen molar-refractivity contribution in [2.24, 2.45) is 0 Å². The fraction of sp³-hybridized carbons (Fsp3) is 0.619. The highest BCUT2D eigenvalue weighted by atomic mass is 32.2. The van der Waals surface area contributed by atoms with E-state index >= 15 is 0 Å². The van der Waals surface area contributed by atoms with Gasteiger partial charge in [-0.2, -0.15) is 0 Å². The molecule has 1 aliphatic heterocycles. The minimum Gasteiger partial charge on any atom is -0.337 e. The first-order valence-corrected chi connectivity index (χ1v) is 12.4. The predicted octanol–water partition coefficient (Wildman–Crippen LogP) is 4.41. The Morgan fingerprint density at radius 3 is 2.69 bits per heavy atom. The quantitative estimate of drug-likeness (QED) is 0.577. The summed E-state index contributed by atoms with van der Waals surface area (Å²) >= 11 is 3.30. The average Bonchev–Trinajstić information content (AvgIpc) is 3.27. The van der Waals surface area contributed by atoms with Crippen LogP contribution in [0.1, 0.15) is 62.2 Å². The van der Waals surface area contributed by atoms with Crippen LogP contribution in [-0.2, 0) is 17.6 Å². The molecular formula is C21H27N5OS2. The number of carbonyl (C=O) groups excluding carboxylic acids is 1. The van der Waals surface area contributed by atoms with Crippen LogP contribution in [0.5, 0.6) is 0 Å². The van der Waals surface area contributed by atoms with E-state index < -0.39 is 0 Å². The largest absolute Gasteiger partial charge is 0.337 e. The van der Waals surface area contributed by atoms with Gasteiger partial charge in [-0.1, -0.05) is 11.8 Å². The number of amides is 1. The van der Waals surface area contributed by atoms with Gasteiger partial charge in [-0.3, -0.25) is 9.20 Å². The summed E-state index contributed by atoms with van der Waals surface area (Å²) in [6.45, 7) is 6.33. The zero-order valence-corrected chi connectivity index (χ0v) is 18.9. The Labute approximate surface area is 179 Å². The standard InChI is InChI=1S/C21H27N5OS2/c1-12-7-6-8-13(2)25(12)17(27)11-28-21-24-23-19-18-15-9-4-5-10-16(15)29-20(18)22-14(3)26(19)21/h12-13H,4-11H2,1-3H3. The minimum atomic E-state index is 0.200. The van der Waals surface area contributed by atoms with Crippen molar-refractivity contribution in [3.05, 3.63) is 16.3 Å². The molecule has 1 amide bonds. The van der Waals surface area contributed by atoms with Crippen LogP contribution in [0.3, 0.4) is 0 Å². The third-order valence-corrected chi connectivity index (χ3v) is 8.50. The van der Waals surface area contributed by atoms with Gasteiger partial charge in [-0.15, -0.1) is 21.5 Å². The Bertz CT molecular complexity index is 1080. The maximum absolute atomic E-state index is 12.9. The molecule has 2 unspecified atom stereocenters. The molecule has 3 aromatic heterocycles. The molecule has 29 heavy (non-hydrogen) atoms. The number of thiophene rings is 1. The lowest BCUT2D eigenvalue weighted by Crippen LogP contribution is -2.48. The monoisotopic (exact) mass is 429 g/mol. The van der Waals surface area contributed by atoms with Crippen LogP contribution in [0.4, 0.5) is 0 Å². The molecule has 4 heterocycles. The molecule has 5 rings (SSSR count). The van der Waals surface area contributed by atoms with E-state index in [1.54, 1.807) is 0 Å². The zero-order valence-electron chi connectivity index (χ0n) is 17.3. The Morgan fingerprint density at radius 1 is 1.14 bits per heavy atom. The van der Waals surface area contributed by atoms with Crippen molar-refractivity contribution in [2.75, 3.05) is 5.75 Å². The topological polar surface area (TPSA) is 63.4 Å². The summed E-state index contributed by atoms with van der Waals surface area (Å²) in [7, 11) is 0. The van der Waals surface area contributed by atoms with Crippen molar-refractivity contribution >= 4 is 44.9 Å². The first-order chi connectivity index (χ1) is 14.0. The van der Waals surface area contributed by atoms with Crippen LogP contribution in [0.25, 0.3) is 15.9 Å². The number of rotatable bonds is 3. The van der Waals surface area contributed by atoms with Crippen molar-refractivity contribution in [3.8, 4) is 0 Å². The highest BCUT2D eigenvalue weighted by molar-refractivity contribution is 7.99. The van der Waals surface area contributed by atoms with Gasteiger partial charge in [0.15, 0.2) is 10.8 Å². The molecule has 8 heteroatoms. The molecule has 0 aromatic carbocycles. The number of carbonyl (C=O) groups is 1. The van der Waals surface area contributed by atoms with Crippen LogP contribution < -0.4 is 0 Å². The molecule has 0 radical (unpaired) electrons. The molecule has 6 nitrogen and oxygen atoms in total. The van der Waals surface area contributed by atoms with Crippen LogP contribution in [0, 0.1) is 6.92 Å². The van der Waals surface area contributed by atoms with Gasteiger partial charge in [0.2, 0.25) is 5.91 Å². The SMILES string of the molecule is Cc1nc2sc3c(c2c2nnc(SCC(=O)N4C(C)CCCC4C)n12)CCCC3. The third kappa shape index (κ3) is 3.24. The van der Waals surface area contributed by atoms with Crippen LogP contribution in [0.15, 0.2) is 5.16 Å². The molecule has 1 aliphatic carbocycles. The summed E-state index contributed by atoms with van der Waals surface area (Å²) in [5.41, 5.74) is 2.33. The second kappa shape index (κ2) is 7.54. The Kier molecular flexibility index (Phi) is 5.02. The highest BCUT2D eigenvalue weighted by Gasteiger charge is 2.29. The number of likely N-dealkylation sites (tertiary alicyclic amines) is 1. The van der Waals surface area contributed by atoms with Gasteiger partial charge in [0.1, 0.15) is 10.7 Å². The molecular weight excluding hydrogens is 402 g/mol. The smallest absolute Gasteiger partial charge is 0.233 e. The van der Waals surface area contributed by atoms with Crippen molar-refractivity contribution in [3.63, 3.8) is 0 Å². The normalized spacial score (nSPS) is 22.4. The molecule has 0 bridgehead atoms. The minimum absolute atomic E-state index is 0.200. The molecule has 0 spiro atoms. The summed E-state index contributed by atoms with van der Waals surface area (Å²) in [5, 5.41) is 11.0. The van der Waals surface area contributed by atoms with Gasteiger partial charge >= 0.3 is 0 Å². The van der Waals surface area contributed by atoms with Crippen molar-refractivity contribution in [1.82, 2.24) is 24.5 Å².